The van der Waals surface area contributed by atoms with Crippen molar-refractivity contribution >= 4 is 38.4 Å². The minimum atomic E-state index is -3.61. The molecule has 1 aromatic heterocycles. The van der Waals surface area contributed by atoms with E-state index in [-0.39, 0.29) is 10.6 Å². The van der Waals surface area contributed by atoms with Crippen LogP contribution in [0.25, 0.3) is 11.3 Å². The second kappa shape index (κ2) is 11.5. The predicted octanol–water partition coefficient (Wildman–Crippen LogP) is 4.97. The number of hydrogen-bond acceptors (Lipinski definition) is 8. The molecule has 0 N–H and O–H groups in total. The SMILES string of the molecule is O=[N+]([O-])c1ccc(-c2csc(=Nc3ccc(S(=O)(=O)N4CCOCC4)cc3)n2N=C2CCCc3ccccc32)cc1. The zero-order valence-electron chi connectivity index (χ0n) is 22.0. The Bertz CT molecular complexity index is 1790. The van der Waals surface area contributed by atoms with Crippen LogP contribution in [0.4, 0.5) is 11.4 Å². The summed E-state index contributed by atoms with van der Waals surface area (Å²) in [7, 11) is -3.61. The lowest BCUT2D eigenvalue weighted by atomic mass is 9.90. The highest BCUT2D eigenvalue weighted by Crippen LogP contribution is 2.27. The lowest BCUT2D eigenvalue weighted by Gasteiger charge is -2.26. The van der Waals surface area contributed by atoms with Crippen molar-refractivity contribution in [3.8, 4) is 11.3 Å². The number of non-ortho nitro benzene ring substituents is 1. The molecule has 6 rings (SSSR count). The Balaban J connectivity index is 1.42. The molecule has 1 fully saturated rings. The third kappa shape index (κ3) is 5.64. The monoisotopic (exact) mass is 589 g/mol. The van der Waals surface area contributed by atoms with Crippen LogP contribution < -0.4 is 4.80 Å². The number of rotatable bonds is 6. The molecule has 0 unspecified atom stereocenters. The largest absolute Gasteiger partial charge is 0.379 e. The number of ether oxygens (including phenoxy) is 1. The average Bonchev–Trinajstić information content (AvgIpc) is 3.39. The number of nitro groups is 1. The summed E-state index contributed by atoms with van der Waals surface area (Å²) >= 11 is 1.39. The van der Waals surface area contributed by atoms with Crippen LogP contribution >= 0.6 is 11.3 Å². The maximum absolute atomic E-state index is 13.0. The average molecular weight is 590 g/mol. The van der Waals surface area contributed by atoms with Gasteiger partial charge in [-0.3, -0.25) is 10.1 Å². The molecule has 4 aromatic rings. The normalized spacial score (nSPS) is 17.5. The van der Waals surface area contributed by atoms with Gasteiger partial charge in [0, 0.05) is 41.7 Å². The second-order valence-electron chi connectivity index (χ2n) is 9.70. The van der Waals surface area contributed by atoms with Crippen LogP contribution in [0.5, 0.6) is 0 Å². The molecular weight excluding hydrogens is 562 g/mol. The fraction of sp³-hybridized carbons (Fsp3) is 0.241. The van der Waals surface area contributed by atoms with E-state index >= 15 is 0 Å². The number of thiazole rings is 1. The Morgan fingerprint density at radius 1 is 0.927 bits per heavy atom. The summed E-state index contributed by atoms with van der Waals surface area (Å²) in [6.45, 7) is 1.43. The van der Waals surface area contributed by atoms with E-state index < -0.39 is 14.9 Å². The first-order valence-corrected chi connectivity index (χ1v) is 15.6. The van der Waals surface area contributed by atoms with Crippen LogP contribution in [0.15, 0.2) is 93.2 Å². The zero-order chi connectivity index (χ0) is 28.4. The zero-order valence-corrected chi connectivity index (χ0v) is 23.7. The molecule has 2 aliphatic rings. The van der Waals surface area contributed by atoms with E-state index in [9.17, 15) is 18.5 Å². The number of sulfonamides is 1. The van der Waals surface area contributed by atoms with Crippen LogP contribution in [-0.4, -0.2) is 54.3 Å². The van der Waals surface area contributed by atoms with Crippen LogP contribution in [-0.2, 0) is 21.2 Å². The maximum atomic E-state index is 13.0. The third-order valence-electron chi connectivity index (χ3n) is 7.14. The van der Waals surface area contributed by atoms with Gasteiger partial charge >= 0.3 is 0 Å². The van der Waals surface area contributed by atoms with Gasteiger partial charge in [0.15, 0.2) is 0 Å². The van der Waals surface area contributed by atoms with Gasteiger partial charge in [-0.15, -0.1) is 11.3 Å². The predicted molar refractivity (Wildman–Crippen MR) is 157 cm³/mol. The number of hydrogen-bond donors (Lipinski definition) is 0. The summed E-state index contributed by atoms with van der Waals surface area (Å²) in [5.74, 6) is 0. The van der Waals surface area contributed by atoms with Crippen molar-refractivity contribution in [1.29, 1.82) is 0 Å². The van der Waals surface area contributed by atoms with Gasteiger partial charge < -0.3 is 4.74 Å². The fourth-order valence-corrected chi connectivity index (χ4v) is 7.25. The van der Waals surface area contributed by atoms with Gasteiger partial charge in [-0.1, -0.05) is 24.3 Å². The van der Waals surface area contributed by atoms with Crippen LogP contribution in [0, 0.1) is 10.1 Å². The summed E-state index contributed by atoms with van der Waals surface area (Å²) in [6.07, 6.45) is 2.79. The Morgan fingerprint density at radius 3 is 2.39 bits per heavy atom. The molecule has 0 atom stereocenters. The maximum Gasteiger partial charge on any atom is 0.269 e. The fourth-order valence-electron chi connectivity index (χ4n) is 4.99. The smallest absolute Gasteiger partial charge is 0.269 e. The molecule has 0 radical (unpaired) electrons. The van der Waals surface area contributed by atoms with Gasteiger partial charge in [0.1, 0.15) is 0 Å². The number of aryl methyl sites for hydroxylation is 1. The molecule has 210 valence electrons. The Labute approximate surface area is 241 Å². The van der Waals surface area contributed by atoms with Gasteiger partial charge in [-0.2, -0.15) is 9.41 Å². The highest BCUT2D eigenvalue weighted by Gasteiger charge is 2.26. The first-order chi connectivity index (χ1) is 19.9. The van der Waals surface area contributed by atoms with Gasteiger partial charge in [-0.25, -0.2) is 18.1 Å². The summed E-state index contributed by atoms with van der Waals surface area (Å²) in [5, 5.41) is 18.2. The number of morpholine rings is 1. The minimum Gasteiger partial charge on any atom is -0.379 e. The van der Waals surface area contributed by atoms with Crippen molar-refractivity contribution in [2.45, 2.75) is 24.2 Å². The number of nitrogens with zero attached hydrogens (tertiary/aromatic N) is 5. The number of aromatic nitrogens is 1. The summed E-state index contributed by atoms with van der Waals surface area (Å²) in [4.78, 5) is 16.4. The Kier molecular flexibility index (Phi) is 7.63. The molecule has 0 saturated carbocycles. The molecule has 12 heteroatoms. The standard InChI is InChI=1S/C29H27N5O5S2/c35-34(36)24-12-8-22(9-13-24)28-20-40-29(33(28)31-27-7-3-5-21-4-1-2-6-26(21)27)30-23-10-14-25(15-11-23)41(37,38)32-16-18-39-19-17-32/h1-2,4,6,8-15,20H,3,5,7,16-19H2. The van der Waals surface area contributed by atoms with E-state index in [1.807, 2.05) is 17.5 Å². The molecular formula is C29H27N5O5S2. The van der Waals surface area contributed by atoms with Gasteiger partial charge in [-0.05, 0) is 61.2 Å². The third-order valence-corrected chi connectivity index (χ3v) is 9.87. The minimum absolute atomic E-state index is 0.0140. The second-order valence-corrected chi connectivity index (χ2v) is 12.5. The number of nitro benzene ring substituents is 1. The van der Waals surface area contributed by atoms with Crippen LogP contribution in [0.2, 0.25) is 0 Å². The van der Waals surface area contributed by atoms with Crippen LogP contribution in [0.1, 0.15) is 24.0 Å². The van der Waals surface area contributed by atoms with Gasteiger partial charge in [0.25, 0.3) is 5.69 Å². The van der Waals surface area contributed by atoms with Crippen molar-refractivity contribution in [2.75, 3.05) is 26.3 Å². The molecule has 2 heterocycles. The molecule has 3 aromatic carbocycles. The molecule has 1 aliphatic heterocycles. The molecule has 0 spiro atoms. The van der Waals surface area contributed by atoms with E-state index in [1.54, 1.807) is 41.1 Å². The lowest BCUT2D eigenvalue weighted by molar-refractivity contribution is -0.384. The van der Waals surface area contributed by atoms with Gasteiger partial charge in [0.2, 0.25) is 14.8 Å². The van der Waals surface area contributed by atoms with E-state index in [0.717, 1.165) is 41.8 Å². The van der Waals surface area contributed by atoms with E-state index in [0.29, 0.717) is 36.8 Å². The highest BCUT2D eigenvalue weighted by molar-refractivity contribution is 7.89. The topological polar surface area (TPSA) is 119 Å². The van der Waals surface area contributed by atoms with E-state index in [4.69, 9.17) is 14.8 Å². The van der Waals surface area contributed by atoms with E-state index in [1.165, 1.54) is 33.3 Å². The number of fused-ring (bicyclic) bond motifs is 1. The van der Waals surface area contributed by atoms with Crippen molar-refractivity contribution in [3.63, 3.8) is 0 Å². The Morgan fingerprint density at radius 2 is 1.66 bits per heavy atom. The summed E-state index contributed by atoms with van der Waals surface area (Å²) < 4.78 is 34.6. The molecule has 0 amide bonds. The van der Waals surface area contributed by atoms with Crippen molar-refractivity contribution in [1.82, 2.24) is 8.98 Å². The molecule has 0 bridgehead atoms. The molecule has 1 saturated heterocycles. The molecule has 10 nitrogen and oxygen atoms in total. The summed E-state index contributed by atoms with van der Waals surface area (Å²) in [6, 6.07) is 21.1. The molecule has 41 heavy (non-hydrogen) atoms. The quantitative estimate of drug-likeness (QED) is 0.232. The van der Waals surface area contributed by atoms with Crippen molar-refractivity contribution in [3.05, 3.63) is 104 Å². The van der Waals surface area contributed by atoms with Gasteiger partial charge in [0.05, 0.1) is 40.1 Å². The lowest BCUT2D eigenvalue weighted by Crippen LogP contribution is -2.40. The first kappa shape index (κ1) is 27.2. The first-order valence-electron chi connectivity index (χ1n) is 13.2. The van der Waals surface area contributed by atoms with Crippen molar-refractivity contribution < 1.29 is 18.1 Å². The summed E-state index contributed by atoms with van der Waals surface area (Å²) in [5.41, 5.74) is 5.43. The highest BCUT2D eigenvalue weighted by atomic mass is 32.2. The van der Waals surface area contributed by atoms with E-state index in [2.05, 4.69) is 12.1 Å². The number of benzene rings is 3. The van der Waals surface area contributed by atoms with Crippen molar-refractivity contribution in [2.24, 2.45) is 10.1 Å². The Hall–Kier alpha value is -3.97. The molecule has 1 aliphatic carbocycles. The van der Waals surface area contributed by atoms with Crippen LogP contribution in [0.3, 0.4) is 0 Å².